The van der Waals surface area contributed by atoms with Crippen molar-refractivity contribution in [1.29, 1.82) is 0 Å². The van der Waals surface area contributed by atoms with E-state index in [4.69, 9.17) is 9.73 Å². The van der Waals surface area contributed by atoms with E-state index in [2.05, 4.69) is 36.3 Å². The van der Waals surface area contributed by atoms with Crippen LogP contribution in [0.5, 0.6) is 0 Å². The van der Waals surface area contributed by atoms with Crippen LogP contribution in [-0.4, -0.2) is 62.8 Å². The molecule has 23 heavy (non-hydrogen) atoms. The van der Waals surface area contributed by atoms with Crippen LogP contribution in [-0.2, 0) is 4.74 Å². The number of nitrogens with zero attached hydrogens (tertiary/aromatic N) is 2. The Hall–Kier alpha value is -0.810. The van der Waals surface area contributed by atoms with E-state index in [1.165, 1.54) is 32.2 Å². The van der Waals surface area contributed by atoms with E-state index < -0.39 is 0 Å². The van der Waals surface area contributed by atoms with Gasteiger partial charge in [0.25, 0.3) is 0 Å². The molecule has 2 N–H and O–H groups in total. The van der Waals surface area contributed by atoms with Gasteiger partial charge in [-0.15, -0.1) is 0 Å². The van der Waals surface area contributed by atoms with Crippen molar-refractivity contribution < 1.29 is 4.74 Å². The van der Waals surface area contributed by atoms with Gasteiger partial charge in [-0.3, -0.25) is 9.89 Å². The molecule has 1 saturated carbocycles. The third-order valence-electron chi connectivity index (χ3n) is 5.27. The minimum atomic E-state index is 0.417. The molecular weight excluding hydrogens is 288 g/mol. The highest BCUT2D eigenvalue weighted by molar-refractivity contribution is 5.79. The topological polar surface area (TPSA) is 48.9 Å². The van der Waals surface area contributed by atoms with Crippen LogP contribution < -0.4 is 10.6 Å². The highest BCUT2D eigenvalue weighted by atomic mass is 16.5. The fourth-order valence-corrected chi connectivity index (χ4v) is 3.44. The summed E-state index contributed by atoms with van der Waals surface area (Å²) in [6.07, 6.45) is 6.38. The molecule has 0 bridgehead atoms. The van der Waals surface area contributed by atoms with Crippen LogP contribution in [0.15, 0.2) is 4.99 Å². The molecule has 1 aliphatic carbocycles. The predicted molar refractivity (Wildman–Crippen MR) is 97.0 cm³/mol. The van der Waals surface area contributed by atoms with Crippen LogP contribution in [0.25, 0.3) is 0 Å². The van der Waals surface area contributed by atoms with Crippen LogP contribution in [0.3, 0.4) is 0 Å². The molecule has 1 atom stereocenters. The average Bonchev–Trinajstić information content (AvgIpc) is 3.18. The summed E-state index contributed by atoms with van der Waals surface area (Å²) in [5.41, 5.74) is 0.417. The van der Waals surface area contributed by atoms with Crippen molar-refractivity contribution in [3.05, 3.63) is 0 Å². The Kier molecular flexibility index (Phi) is 7.63. The van der Waals surface area contributed by atoms with Crippen molar-refractivity contribution in [2.75, 3.05) is 45.9 Å². The summed E-state index contributed by atoms with van der Waals surface area (Å²) in [6.45, 7) is 13.4. The van der Waals surface area contributed by atoms with Crippen LogP contribution in [0.2, 0.25) is 0 Å². The first-order valence-corrected chi connectivity index (χ1v) is 9.57. The van der Waals surface area contributed by atoms with Gasteiger partial charge in [0.1, 0.15) is 0 Å². The summed E-state index contributed by atoms with van der Waals surface area (Å²) in [7, 11) is 0. The number of aliphatic imine (C=N–C) groups is 1. The van der Waals surface area contributed by atoms with E-state index in [1.54, 1.807) is 0 Å². The molecule has 5 nitrogen and oxygen atoms in total. The molecule has 1 saturated heterocycles. The second-order valence-electron chi connectivity index (χ2n) is 6.95. The molecule has 134 valence electrons. The first-order valence-electron chi connectivity index (χ1n) is 9.57. The zero-order chi connectivity index (χ0) is 16.5. The smallest absolute Gasteiger partial charge is 0.191 e. The van der Waals surface area contributed by atoms with Gasteiger partial charge in [-0.05, 0) is 64.5 Å². The Morgan fingerprint density at radius 2 is 2.09 bits per heavy atom. The summed E-state index contributed by atoms with van der Waals surface area (Å²) in [5.74, 6) is 0.984. The average molecular weight is 325 g/mol. The van der Waals surface area contributed by atoms with E-state index in [1.807, 2.05) is 0 Å². The van der Waals surface area contributed by atoms with Gasteiger partial charge in [0, 0.05) is 38.9 Å². The molecule has 2 rings (SSSR count). The number of hydrogen-bond acceptors (Lipinski definition) is 3. The van der Waals surface area contributed by atoms with E-state index in [0.29, 0.717) is 11.5 Å². The highest BCUT2D eigenvalue weighted by Gasteiger charge is 2.41. The summed E-state index contributed by atoms with van der Waals surface area (Å²) in [6, 6.07) is 0.664. The van der Waals surface area contributed by atoms with Crippen LogP contribution in [0.1, 0.15) is 52.9 Å². The van der Waals surface area contributed by atoms with Gasteiger partial charge in [-0.1, -0.05) is 6.92 Å². The molecule has 1 unspecified atom stereocenters. The Labute approximate surface area is 142 Å². The Bertz CT molecular complexity index is 368. The first-order chi connectivity index (χ1) is 11.2. The van der Waals surface area contributed by atoms with Crippen molar-refractivity contribution in [1.82, 2.24) is 15.5 Å². The summed E-state index contributed by atoms with van der Waals surface area (Å²) < 4.78 is 5.52. The normalized spacial score (nSPS) is 24.0. The monoisotopic (exact) mass is 324 g/mol. The Morgan fingerprint density at radius 1 is 1.26 bits per heavy atom. The fourth-order valence-electron chi connectivity index (χ4n) is 3.44. The Morgan fingerprint density at radius 3 is 2.74 bits per heavy atom. The minimum absolute atomic E-state index is 0.417. The van der Waals surface area contributed by atoms with Crippen LogP contribution in [0, 0.1) is 5.41 Å². The fraction of sp³-hybridized carbons (Fsp3) is 0.944. The molecule has 0 spiro atoms. The molecule has 1 aliphatic heterocycles. The zero-order valence-electron chi connectivity index (χ0n) is 15.4. The quantitative estimate of drug-likeness (QED) is 0.368. The Balaban J connectivity index is 1.78. The molecule has 5 heteroatoms. The lowest BCUT2D eigenvalue weighted by atomic mass is 10.0. The standard InChI is InChI=1S/C18H36N4O/c1-4-19-17(20-14-16-8-7-12-22(16)5-2)21-15-18(9-10-18)11-13-23-6-3/h16H,4-15H2,1-3H3,(H2,19,20,21). The van der Waals surface area contributed by atoms with Gasteiger partial charge in [-0.25, -0.2) is 0 Å². The third kappa shape index (κ3) is 5.96. The van der Waals surface area contributed by atoms with Crippen molar-refractivity contribution in [2.45, 2.75) is 58.9 Å². The van der Waals surface area contributed by atoms with E-state index in [0.717, 1.165) is 51.8 Å². The molecule has 2 aliphatic rings. The number of rotatable bonds is 10. The molecule has 1 heterocycles. The maximum absolute atomic E-state index is 5.52. The van der Waals surface area contributed by atoms with E-state index >= 15 is 0 Å². The lowest BCUT2D eigenvalue weighted by molar-refractivity contribution is 0.129. The van der Waals surface area contributed by atoms with Crippen LogP contribution in [0.4, 0.5) is 0 Å². The van der Waals surface area contributed by atoms with Crippen molar-refractivity contribution in [3.8, 4) is 0 Å². The van der Waals surface area contributed by atoms with E-state index in [-0.39, 0.29) is 0 Å². The van der Waals surface area contributed by atoms with Crippen molar-refractivity contribution in [3.63, 3.8) is 0 Å². The van der Waals surface area contributed by atoms with E-state index in [9.17, 15) is 0 Å². The third-order valence-corrected chi connectivity index (χ3v) is 5.27. The van der Waals surface area contributed by atoms with Gasteiger partial charge in [-0.2, -0.15) is 0 Å². The largest absolute Gasteiger partial charge is 0.382 e. The molecule has 0 aromatic rings. The number of likely N-dealkylation sites (N-methyl/N-ethyl adjacent to an activating group) is 1. The maximum atomic E-state index is 5.52. The zero-order valence-corrected chi connectivity index (χ0v) is 15.4. The lowest BCUT2D eigenvalue weighted by Crippen LogP contribution is -2.45. The summed E-state index contributed by atoms with van der Waals surface area (Å²) in [5, 5.41) is 6.96. The van der Waals surface area contributed by atoms with Crippen molar-refractivity contribution in [2.24, 2.45) is 10.4 Å². The second-order valence-corrected chi connectivity index (χ2v) is 6.95. The number of guanidine groups is 1. The van der Waals surface area contributed by atoms with Crippen LogP contribution >= 0.6 is 0 Å². The van der Waals surface area contributed by atoms with Gasteiger partial charge in [0.05, 0.1) is 0 Å². The highest BCUT2D eigenvalue weighted by Crippen LogP contribution is 2.48. The summed E-state index contributed by atoms with van der Waals surface area (Å²) in [4.78, 5) is 7.43. The molecule has 0 aromatic carbocycles. The number of likely N-dealkylation sites (tertiary alicyclic amines) is 1. The number of nitrogens with one attached hydrogen (secondary N) is 2. The second kappa shape index (κ2) is 9.48. The molecular formula is C18H36N4O. The number of ether oxygens (including phenoxy) is 1. The van der Waals surface area contributed by atoms with Gasteiger partial charge in [0.2, 0.25) is 0 Å². The van der Waals surface area contributed by atoms with Gasteiger partial charge in [0.15, 0.2) is 5.96 Å². The number of hydrogen-bond donors (Lipinski definition) is 2. The maximum Gasteiger partial charge on any atom is 0.191 e. The lowest BCUT2D eigenvalue weighted by Gasteiger charge is -2.24. The van der Waals surface area contributed by atoms with Gasteiger partial charge < -0.3 is 15.4 Å². The molecule has 0 amide bonds. The molecule has 0 radical (unpaired) electrons. The minimum Gasteiger partial charge on any atom is -0.382 e. The van der Waals surface area contributed by atoms with Crippen molar-refractivity contribution >= 4 is 5.96 Å². The molecule has 2 fully saturated rings. The van der Waals surface area contributed by atoms with Gasteiger partial charge >= 0.3 is 0 Å². The summed E-state index contributed by atoms with van der Waals surface area (Å²) >= 11 is 0. The SMILES string of the molecule is CCNC(=NCC1(CCOCC)CC1)NCC1CCCN1CC. The molecule has 0 aromatic heterocycles. The predicted octanol–water partition coefficient (Wildman–Crippen LogP) is 2.23. The first kappa shape index (κ1) is 18.5.